The molecule has 2 rings (SSSR count). The van der Waals surface area contributed by atoms with Gasteiger partial charge in [0.1, 0.15) is 0 Å². The Morgan fingerprint density at radius 2 is 2.29 bits per heavy atom. The molecule has 0 aliphatic rings. The summed E-state index contributed by atoms with van der Waals surface area (Å²) < 4.78 is 1.01. The second-order valence-electron chi connectivity index (χ2n) is 3.17. The van der Waals surface area contributed by atoms with Crippen LogP contribution >= 0.6 is 11.3 Å². The van der Waals surface area contributed by atoms with Crippen LogP contribution in [0.5, 0.6) is 0 Å². The van der Waals surface area contributed by atoms with Gasteiger partial charge in [-0.25, -0.2) is 0 Å². The third-order valence-electron chi connectivity index (χ3n) is 2.28. The molecule has 0 aliphatic carbocycles. The predicted octanol–water partition coefficient (Wildman–Crippen LogP) is 2.86. The van der Waals surface area contributed by atoms with Crippen molar-refractivity contribution in [3.05, 3.63) is 28.6 Å². The third-order valence-corrected chi connectivity index (χ3v) is 3.60. The number of carbonyl (C=O) groups is 1. The summed E-state index contributed by atoms with van der Waals surface area (Å²) in [7, 11) is 0. The minimum atomic E-state index is 0.567. The Kier molecular flexibility index (Phi) is 2.25. The highest BCUT2D eigenvalue weighted by Gasteiger charge is 2.07. The molecular formula is C11H11NOS. The predicted molar refractivity (Wildman–Crippen MR) is 61.0 cm³/mol. The van der Waals surface area contributed by atoms with Gasteiger partial charge in [-0.3, -0.25) is 4.79 Å². The van der Waals surface area contributed by atoms with Gasteiger partial charge in [-0.2, -0.15) is 0 Å². The number of hydrogen-bond donors (Lipinski definition) is 1. The molecular weight excluding hydrogens is 194 g/mol. The minimum Gasteiger partial charge on any atom is -0.398 e. The number of rotatable bonds is 2. The first-order valence-electron chi connectivity index (χ1n) is 4.52. The van der Waals surface area contributed by atoms with Gasteiger partial charge in [0.25, 0.3) is 0 Å². The first kappa shape index (κ1) is 9.21. The van der Waals surface area contributed by atoms with Gasteiger partial charge in [0.15, 0.2) is 6.29 Å². The van der Waals surface area contributed by atoms with Crippen molar-refractivity contribution >= 4 is 33.4 Å². The van der Waals surface area contributed by atoms with E-state index in [0.717, 1.165) is 22.8 Å². The van der Waals surface area contributed by atoms with Crippen LogP contribution in [0.3, 0.4) is 0 Å². The Bertz CT molecular complexity index is 487. The maximum absolute atomic E-state index is 10.9. The highest BCUT2D eigenvalue weighted by Crippen LogP contribution is 2.31. The number of aryl methyl sites for hydroxylation is 1. The van der Waals surface area contributed by atoms with Crippen molar-refractivity contribution in [3.8, 4) is 0 Å². The topological polar surface area (TPSA) is 43.1 Å². The lowest BCUT2D eigenvalue weighted by atomic mass is 10.1. The van der Waals surface area contributed by atoms with Gasteiger partial charge in [-0.1, -0.05) is 13.0 Å². The van der Waals surface area contributed by atoms with E-state index in [2.05, 4.69) is 13.0 Å². The van der Waals surface area contributed by atoms with Crippen molar-refractivity contribution in [3.63, 3.8) is 0 Å². The van der Waals surface area contributed by atoms with E-state index in [-0.39, 0.29) is 0 Å². The quantitative estimate of drug-likeness (QED) is 0.605. The monoisotopic (exact) mass is 205 g/mol. The van der Waals surface area contributed by atoms with E-state index in [9.17, 15) is 4.79 Å². The molecule has 2 N–H and O–H groups in total. The second-order valence-corrected chi connectivity index (χ2v) is 4.31. The smallest absolute Gasteiger partial charge is 0.153 e. The van der Waals surface area contributed by atoms with Crippen LogP contribution in [0.15, 0.2) is 18.2 Å². The molecule has 0 atom stereocenters. The zero-order valence-electron chi connectivity index (χ0n) is 7.91. The van der Waals surface area contributed by atoms with Crippen LogP contribution in [0.2, 0.25) is 0 Å². The van der Waals surface area contributed by atoms with Crippen LogP contribution in [0.4, 0.5) is 5.69 Å². The van der Waals surface area contributed by atoms with Crippen LogP contribution in [0.1, 0.15) is 22.2 Å². The average molecular weight is 205 g/mol. The molecule has 1 aromatic heterocycles. The average Bonchev–Trinajstić information content (AvgIpc) is 2.60. The molecule has 72 valence electrons. The lowest BCUT2D eigenvalue weighted by Gasteiger charge is -1.98. The lowest BCUT2D eigenvalue weighted by molar-refractivity contribution is 0.112. The molecule has 0 bridgehead atoms. The zero-order valence-corrected chi connectivity index (χ0v) is 8.73. The maximum Gasteiger partial charge on any atom is 0.153 e. The number of nitrogens with two attached hydrogens (primary N) is 1. The number of thiophene rings is 1. The Labute approximate surface area is 86.3 Å². The van der Waals surface area contributed by atoms with Crippen LogP contribution in [-0.4, -0.2) is 6.29 Å². The zero-order chi connectivity index (χ0) is 10.1. The van der Waals surface area contributed by atoms with Crippen LogP contribution < -0.4 is 5.73 Å². The summed E-state index contributed by atoms with van der Waals surface area (Å²) in [6.45, 7) is 2.11. The summed E-state index contributed by atoms with van der Waals surface area (Å²) in [5, 5.41) is 1.11. The van der Waals surface area contributed by atoms with Gasteiger partial charge in [0.05, 0.1) is 5.56 Å². The standard InChI is InChI=1S/C11H11NOS/c1-2-8-5-7-3-4-10(12)9(6-13)11(7)14-8/h3-6H,2,12H2,1H3. The number of anilines is 1. The fraction of sp³-hybridized carbons (Fsp3) is 0.182. The molecule has 0 saturated carbocycles. The van der Waals surface area contributed by atoms with Gasteiger partial charge in [0, 0.05) is 15.3 Å². The number of benzene rings is 1. The second kappa shape index (κ2) is 3.42. The van der Waals surface area contributed by atoms with Crippen molar-refractivity contribution in [1.82, 2.24) is 0 Å². The Morgan fingerprint density at radius 3 is 2.93 bits per heavy atom. The van der Waals surface area contributed by atoms with E-state index in [4.69, 9.17) is 5.73 Å². The van der Waals surface area contributed by atoms with Gasteiger partial charge >= 0.3 is 0 Å². The fourth-order valence-corrected chi connectivity index (χ4v) is 2.60. The summed E-state index contributed by atoms with van der Waals surface area (Å²) in [5.74, 6) is 0. The Hall–Kier alpha value is -1.35. The molecule has 0 fully saturated rings. The van der Waals surface area contributed by atoms with E-state index in [1.54, 1.807) is 17.4 Å². The first-order valence-corrected chi connectivity index (χ1v) is 5.34. The Balaban J connectivity index is 2.79. The summed E-state index contributed by atoms with van der Waals surface area (Å²) >= 11 is 1.65. The highest BCUT2D eigenvalue weighted by molar-refractivity contribution is 7.19. The van der Waals surface area contributed by atoms with E-state index < -0.39 is 0 Å². The molecule has 0 saturated heterocycles. The number of hydrogen-bond acceptors (Lipinski definition) is 3. The summed E-state index contributed by atoms with van der Waals surface area (Å²) in [5.41, 5.74) is 6.92. The maximum atomic E-state index is 10.9. The summed E-state index contributed by atoms with van der Waals surface area (Å²) in [6, 6.07) is 5.87. The van der Waals surface area contributed by atoms with E-state index >= 15 is 0 Å². The summed E-state index contributed by atoms with van der Waals surface area (Å²) in [4.78, 5) is 12.2. The molecule has 0 radical (unpaired) electrons. The van der Waals surface area contributed by atoms with Gasteiger partial charge in [-0.05, 0) is 23.9 Å². The van der Waals surface area contributed by atoms with Crippen LogP contribution in [0.25, 0.3) is 10.1 Å². The van der Waals surface area contributed by atoms with Crippen molar-refractivity contribution in [2.24, 2.45) is 0 Å². The third kappa shape index (κ3) is 1.30. The van der Waals surface area contributed by atoms with E-state index in [1.165, 1.54) is 4.88 Å². The van der Waals surface area contributed by atoms with Gasteiger partial charge < -0.3 is 5.73 Å². The molecule has 1 aromatic carbocycles. The largest absolute Gasteiger partial charge is 0.398 e. The van der Waals surface area contributed by atoms with Crippen molar-refractivity contribution in [2.75, 3.05) is 5.73 Å². The normalized spacial score (nSPS) is 10.6. The number of aldehydes is 1. The molecule has 1 heterocycles. The molecule has 2 aromatic rings. The van der Waals surface area contributed by atoms with Crippen molar-refractivity contribution in [2.45, 2.75) is 13.3 Å². The number of nitrogen functional groups attached to an aromatic ring is 1. The molecule has 0 spiro atoms. The minimum absolute atomic E-state index is 0.567. The Morgan fingerprint density at radius 1 is 1.50 bits per heavy atom. The molecule has 3 heteroatoms. The molecule has 2 nitrogen and oxygen atoms in total. The van der Waals surface area contributed by atoms with Crippen LogP contribution in [-0.2, 0) is 6.42 Å². The number of carbonyl (C=O) groups excluding carboxylic acids is 1. The molecule has 0 unspecified atom stereocenters. The van der Waals surface area contributed by atoms with Crippen LogP contribution in [0, 0.1) is 0 Å². The fourth-order valence-electron chi connectivity index (χ4n) is 1.49. The molecule has 0 amide bonds. The van der Waals surface area contributed by atoms with E-state index in [0.29, 0.717) is 11.3 Å². The molecule has 0 aliphatic heterocycles. The summed E-state index contributed by atoms with van der Waals surface area (Å²) in [6.07, 6.45) is 1.84. The highest BCUT2D eigenvalue weighted by atomic mass is 32.1. The SMILES string of the molecule is CCc1cc2ccc(N)c(C=O)c2s1. The lowest BCUT2D eigenvalue weighted by Crippen LogP contribution is -1.91. The van der Waals surface area contributed by atoms with Gasteiger partial charge in [-0.15, -0.1) is 11.3 Å². The van der Waals surface area contributed by atoms with E-state index in [1.807, 2.05) is 6.07 Å². The first-order chi connectivity index (χ1) is 6.76. The van der Waals surface area contributed by atoms with Crippen molar-refractivity contribution < 1.29 is 4.79 Å². The van der Waals surface area contributed by atoms with Gasteiger partial charge in [0.2, 0.25) is 0 Å². The number of fused-ring (bicyclic) bond motifs is 1. The van der Waals surface area contributed by atoms with Crippen molar-refractivity contribution in [1.29, 1.82) is 0 Å². The molecule has 14 heavy (non-hydrogen) atoms.